The first kappa shape index (κ1) is 21.4. The summed E-state index contributed by atoms with van der Waals surface area (Å²) < 4.78 is 35.2. The van der Waals surface area contributed by atoms with E-state index in [1.54, 1.807) is 0 Å². The Hall–Kier alpha value is -3.28. The lowest BCUT2D eigenvalue weighted by Gasteiger charge is -2.27. The molecule has 4 N–H and O–H groups in total. The summed E-state index contributed by atoms with van der Waals surface area (Å²) >= 11 is 0. The summed E-state index contributed by atoms with van der Waals surface area (Å²) in [6, 6.07) is 2.14. The number of nitrogens with zero attached hydrogens (tertiary/aromatic N) is 1. The minimum absolute atomic E-state index is 0.148. The summed E-state index contributed by atoms with van der Waals surface area (Å²) in [5.41, 5.74) is 5.28. The molecule has 0 aromatic heterocycles. The van der Waals surface area contributed by atoms with Gasteiger partial charge in [-0.15, -0.1) is 0 Å². The molecule has 0 spiro atoms. The molecular weight excluding hydrogens is 406 g/mol. The van der Waals surface area contributed by atoms with E-state index in [9.17, 15) is 28.0 Å². The molecular formula is C18H20F2N4O6. The van der Waals surface area contributed by atoms with Crippen LogP contribution in [0.3, 0.4) is 0 Å². The van der Waals surface area contributed by atoms with Crippen LogP contribution in [0.25, 0.3) is 0 Å². The van der Waals surface area contributed by atoms with Crippen molar-refractivity contribution in [2.45, 2.75) is 25.5 Å². The summed E-state index contributed by atoms with van der Waals surface area (Å²) in [7, 11) is 0. The lowest BCUT2D eigenvalue weighted by molar-refractivity contribution is -0.133. The minimum Gasteiger partial charge on any atom is -0.433 e. The maximum atomic E-state index is 12.9. The molecule has 0 unspecified atom stereocenters. The number of hydrogen-bond acceptors (Lipinski definition) is 6. The fraction of sp³-hybridized carbons (Fsp3) is 0.444. The van der Waals surface area contributed by atoms with Gasteiger partial charge in [0, 0.05) is 24.2 Å². The first-order valence-corrected chi connectivity index (χ1v) is 9.14. The molecule has 162 valence electrons. The number of anilines is 2. The zero-order valence-electron chi connectivity index (χ0n) is 15.7. The number of nitrogens with one attached hydrogen (secondary N) is 2. The lowest BCUT2D eigenvalue weighted by Crippen LogP contribution is -2.52. The molecule has 0 bridgehead atoms. The first-order chi connectivity index (χ1) is 14.3. The van der Waals surface area contributed by atoms with Crippen molar-refractivity contribution in [3.63, 3.8) is 0 Å². The van der Waals surface area contributed by atoms with Crippen LogP contribution in [0.4, 0.5) is 20.2 Å². The Kier molecular flexibility index (Phi) is 6.45. The summed E-state index contributed by atoms with van der Waals surface area (Å²) in [5.74, 6) is -3.66. The highest BCUT2D eigenvalue weighted by Gasteiger charge is 2.35. The number of primary amides is 1. The van der Waals surface area contributed by atoms with E-state index in [1.165, 1.54) is 17.0 Å². The van der Waals surface area contributed by atoms with Crippen LogP contribution in [0.1, 0.15) is 12.8 Å². The molecule has 10 nitrogen and oxygen atoms in total. The fourth-order valence-electron chi connectivity index (χ4n) is 2.84. The van der Waals surface area contributed by atoms with E-state index in [-0.39, 0.29) is 43.0 Å². The number of ether oxygens (including phenoxy) is 2. The number of morpholine rings is 1. The third-order valence-corrected chi connectivity index (χ3v) is 4.52. The molecule has 1 saturated carbocycles. The maximum absolute atomic E-state index is 12.9. The van der Waals surface area contributed by atoms with Gasteiger partial charge >= 0.3 is 6.61 Å². The topological polar surface area (TPSA) is 140 Å². The fourth-order valence-corrected chi connectivity index (χ4v) is 2.84. The Labute approximate surface area is 169 Å². The average Bonchev–Trinajstić information content (AvgIpc) is 3.52. The molecule has 0 radical (unpaired) electrons. The van der Waals surface area contributed by atoms with Gasteiger partial charge in [0.25, 0.3) is 11.8 Å². The molecule has 12 heteroatoms. The SMILES string of the molecule is NC(=O)[C@H](NC(=O)C1CC1)C(=O)Nc1ccc(N2CCOCC2=O)cc1OC(F)F. The van der Waals surface area contributed by atoms with Crippen LogP contribution in [0.15, 0.2) is 18.2 Å². The summed E-state index contributed by atoms with van der Waals surface area (Å²) in [4.78, 5) is 49.2. The van der Waals surface area contributed by atoms with Gasteiger partial charge in [-0.2, -0.15) is 8.78 Å². The van der Waals surface area contributed by atoms with Gasteiger partial charge < -0.3 is 30.7 Å². The second kappa shape index (κ2) is 9.03. The van der Waals surface area contributed by atoms with Gasteiger partial charge in [-0.25, -0.2) is 0 Å². The van der Waals surface area contributed by atoms with Crippen LogP contribution in [0.5, 0.6) is 5.75 Å². The van der Waals surface area contributed by atoms with E-state index in [4.69, 9.17) is 10.5 Å². The maximum Gasteiger partial charge on any atom is 0.387 e. The molecule has 2 fully saturated rings. The molecule has 1 aromatic carbocycles. The minimum atomic E-state index is -3.21. The number of benzene rings is 1. The van der Waals surface area contributed by atoms with Gasteiger partial charge in [-0.1, -0.05) is 0 Å². The third kappa shape index (κ3) is 5.20. The summed E-state index contributed by atoms with van der Waals surface area (Å²) in [6.45, 7) is -2.87. The van der Waals surface area contributed by atoms with Crippen molar-refractivity contribution < 1.29 is 37.4 Å². The highest BCUT2D eigenvalue weighted by atomic mass is 19.3. The van der Waals surface area contributed by atoms with Gasteiger partial charge in [0.15, 0.2) is 11.8 Å². The quantitative estimate of drug-likeness (QED) is 0.499. The van der Waals surface area contributed by atoms with E-state index in [1.807, 2.05) is 0 Å². The number of nitrogens with two attached hydrogens (primary N) is 1. The average molecular weight is 426 g/mol. The van der Waals surface area contributed by atoms with E-state index >= 15 is 0 Å². The predicted octanol–water partition coefficient (Wildman–Crippen LogP) is -0.0302. The van der Waals surface area contributed by atoms with Crippen LogP contribution in [0, 0.1) is 5.92 Å². The number of carbonyl (C=O) groups excluding carboxylic acids is 4. The van der Waals surface area contributed by atoms with Crippen LogP contribution < -0.4 is 26.0 Å². The van der Waals surface area contributed by atoms with Crippen LogP contribution in [-0.2, 0) is 23.9 Å². The van der Waals surface area contributed by atoms with E-state index in [0.29, 0.717) is 12.8 Å². The van der Waals surface area contributed by atoms with Crippen LogP contribution in [0.2, 0.25) is 0 Å². The number of hydrogen-bond donors (Lipinski definition) is 3. The predicted molar refractivity (Wildman–Crippen MR) is 98.7 cm³/mol. The van der Waals surface area contributed by atoms with Gasteiger partial charge in [0.1, 0.15) is 6.61 Å². The Morgan fingerprint density at radius 2 is 2.00 bits per heavy atom. The van der Waals surface area contributed by atoms with Crippen LogP contribution in [-0.4, -0.2) is 56.0 Å². The molecule has 4 amide bonds. The lowest BCUT2D eigenvalue weighted by atomic mass is 10.2. The molecule has 1 saturated heterocycles. The van der Waals surface area contributed by atoms with Crippen molar-refractivity contribution in [1.82, 2.24) is 5.32 Å². The Morgan fingerprint density at radius 1 is 1.27 bits per heavy atom. The van der Waals surface area contributed by atoms with Gasteiger partial charge in [0.05, 0.1) is 12.3 Å². The molecule has 3 rings (SSSR count). The normalized spacial score (nSPS) is 17.4. The van der Waals surface area contributed by atoms with E-state index < -0.39 is 36.1 Å². The van der Waals surface area contributed by atoms with E-state index in [0.717, 1.165) is 6.07 Å². The molecule has 30 heavy (non-hydrogen) atoms. The zero-order valence-corrected chi connectivity index (χ0v) is 15.7. The van der Waals surface area contributed by atoms with Gasteiger partial charge in [-0.05, 0) is 25.0 Å². The van der Waals surface area contributed by atoms with Crippen molar-refractivity contribution >= 4 is 35.0 Å². The molecule has 1 aromatic rings. The molecule has 1 aliphatic heterocycles. The Balaban J connectivity index is 1.80. The van der Waals surface area contributed by atoms with Crippen molar-refractivity contribution in [2.24, 2.45) is 11.7 Å². The molecule has 1 heterocycles. The highest BCUT2D eigenvalue weighted by Crippen LogP contribution is 2.32. The zero-order chi connectivity index (χ0) is 21.8. The number of carbonyl (C=O) groups is 4. The number of halogens is 2. The van der Waals surface area contributed by atoms with Crippen LogP contribution >= 0.6 is 0 Å². The molecule has 2 aliphatic rings. The van der Waals surface area contributed by atoms with E-state index in [2.05, 4.69) is 15.4 Å². The van der Waals surface area contributed by atoms with Gasteiger partial charge in [0.2, 0.25) is 11.8 Å². The van der Waals surface area contributed by atoms with Crippen molar-refractivity contribution in [3.8, 4) is 5.75 Å². The second-order valence-electron chi connectivity index (χ2n) is 6.76. The largest absolute Gasteiger partial charge is 0.433 e. The number of alkyl halides is 2. The number of amides is 4. The van der Waals surface area contributed by atoms with Gasteiger partial charge in [-0.3, -0.25) is 19.2 Å². The Morgan fingerprint density at radius 3 is 2.60 bits per heavy atom. The first-order valence-electron chi connectivity index (χ1n) is 9.14. The third-order valence-electron chi connectivity index (χ3n) is 4.52. The van der Waals surface area contributed by atoms with Crippen molar-refractivity contribution in [2.75, 3.05) is 30.0 Å². The van der Waals surface area contributed by atoms with Crippen molar-refractivity contribution in [1.29, 1.82) is 0 Å². The Bertz CT molecular complexity index is 861. The summed E-state index contributed by atoms with van der Waals surface area (Å²) in [6.07, 6.45) is 1.29. The molecule has 1 atom stereocenters. The molecule has 1 aliphatic carbocycles. The second-order valence-corrected chi connectivity index (χ2v) is 6.76. The standard InChI is InChI=1S/C18H20F2N4O6/c19-18(20)30-12-7-10(24-5-6-29-8-13(24)25)3-4-11(12)22-17(28)14(15(21)26)23-16(27)9-1-2-9/h3-4,7,9,14,18H,1-2,5-6,8H2,(H2,21,26)(H,22,28)(H,23,27)/t14-/m0/s1. The number of rotatable bonds is 8. The monoisotopic (exact) mass is 426 g/mol. The smallest absolute Gasteiger partial charge is 0.387 e. The summed E-state index contributed by atoms with van der Waals surface area (Å²) in [5, 5.41) is 4.51. The highest BCUT2D eigenvalue weighted by molar-refractivity contribution is 6.12. The van der Waals surface area contributed by atoms with Crippen molar-refractivity contribution in [3.05, 3.63) is 18.2 Å².